The van der Waals surface area contributed by atoms with Gasteiger partial charge in [-0.15, -0.1) is 0 Å². The van der Waals surface area contributed by atoms with Crippen molar-refractivity contribution >= 4 is 15.7 Å². The second kappa shape index (κ2) is 5.60. The van der Waals surface area contributed by atoms with Crippen molar-refractivity contribution < 1.29 is 13.3 Å². The molecule has 0 bridgehead atoms. The van der Waals surface area contributed by atoms with Crippen LogP contribution in [0.4, 0.5) is 5.69 Å². The summed E-state index contributed by atoms with van der Waals surface area (Å²) in [6.07, 6.45) is 3.42. The Bertz CT molecular complexity index is 685. The lowest BCUT2D eigenvalue weighted by Gasteiger charge is -2.48. The van der Waals surface area contributed by atoms with Gasteiger partial charge in [0, 0.05) is 24.7 Å². The molecule has 1 aliphatic carbocycles. The number of nitro benzene ring substituents is 1. The molecule has 7 nitrogen and oxygen atoms in total. The van der Waals surface area contributed by atoms with Gasteiger partial charge in [-0.25, -0.2) is 8.42 Å². The molecule has 0 radical (unpaired) electrons. The smallest absolute Gasteiger partial charge is 0.289 e. The molecule has 1 spiro atoms. The second-order valence-corrected chi connectivity index (χ2v) is 7.71. The van der Waals surface area contributed by atoms with Gasteiger partial charge in [0.05, 0.1) is 4.92 Å². The van der Waals surface area contributed by atoms with E-state index in [1.165, 1.54) is 28.6 Å². The lowest BCUT2D eigenvalue weighted by atomic mass is 9.74. The SMILES string of the molecule is O=[N+]([O-])c1ccccc1S(=O)(=O)N1CCNCCC12CCC2. The van der Waals surface area contributed by atoms with Crippen LogP contribution in [0.25, 0.3) is 0 Å². The predicted octanol–water partition coefficient (Wildman–Crippen LogP) is 1.50. The molecule has 1 aliphatic heterocycles. The Hall–Kier alpha value is -1.51. The van der Waals surface area contributed by atoms with Crippen LogP contribution < -0.4 is 5.32 Å². The van der Waals surface area contributed by atoms with Gasteiger partial charge in [-0.1, -0.05) is 12.1 Å². The first-order valence-corrected chi connectivity index (χ1v) is 8.88. The van der Waals surface area contributed by atoms with Crippen molar-refractivity contribution in [3.8, 4) is 0 Å². The summed E-state index contributed by atoms with van der Waals surface area (Å²) < 4.78 is 27.6. The second-order valence-electron chi connectivity index (χ2n) is 5.88. The molecule has 3 rings (SSSR count). The van der Waals surface area contributed by atoms with Gasteiger partial charge in [0.25, 0.3) is 5.69 Å². The summed E-state index contributed by atoms with van der Waals surface area (Å²) in [6.45, 7) is 1.71. The highest BCUT2D eigenvalue weighted by atomic mass is 32.2. The van der Waals surface area contributed by atoms with E-state index < -0.39 is 14.9 Å². The molecule has 0 aromatic heterocycles. The van der Waals surface area contributed by atoms with Crippen molar-refractivity contribution in [3.63, 3.8) is 0 Å². The summed E-state index contributed by atoms with van der Waals surface area (Å²) in [6, 6.07) is 5.60. The fraction of sp³-hybridized carbons (Fsp3) is 0.571. The largest absolute Gasteiger partial charge is 0.315 e. The van der Waals surface area contributed by atoms with E-state index in [4.69, 9.17) is 0 Å². The fourth-order valence-corrected chi connectivity index (χ4v) is 5.40. The maximum absolute atomic E-state index is 13.1. The minimum Gasteiger partial charge on any atom is -0.315 e. The molecule has 1 N–H and O–H groups in total. The highest BCUT2D eigenvalue weighted by molar-refractivity contribution is 7.89. The number of nitrogens with one attached hydrogen (secondary N) is 1. The topological polar surface area (TPSA) is 92.5 Å². The molecule has 1 saturated carbocycles. The van der Waals surface area contributed by atoms with Crippen molar-refractivity contribution in [1.82, 2.24) is 9.62 Å². The maximum atomic E-state index is 13.1. The first-order chi connectivity index (χ1) is 10.5. The number of para-hydroxylation sites is 1. The van der Waals surface area contributed by atoms with Gasteiger partial charge in [0.1, 0.15) is 0 Å². The van der Waals surface area contributed by atoms with Gasteiger partial charge >= 0.3 is 0 Å². The molecule has 0 unspecified atom stereocenters. The van der Waals surface area contributed by atoms with E-state index in [9.17, 15) is 18.5 Å². The summed E-state index contributed by atoms with van der Waals surface area (Å²) in [4.78, 5) is 10.3. The van der Waals surface area contributed by atoms with Gasteiger partial charge in [0.15, 0.2) is 4.90 Å². The summed E-state index contributed by atoms with van der Waals surface area (Å²) in [5, 5.41) is 14.4. The minimum absolute atomic E-state index is 0.201. The van der Waals surface area contributed by atoms with Crippen LogP contribution in [0.3, 0.4) is 0 Å². The Morgan fingerprint density at radius 2 is 1.91 bits per heavy atom. The first-order valence-electron chi connectivity index (χ1n) is 7.44. The van der Waals surface area contributed by atoms with E-state index in [1.807, 2.05) is 0 Å². The Labute approximate surface area is 129 Å². The third-order valence-electron chi connectivity index (χ3n) is 4.70. The molecule has 22 heavy (non-hydrogen) atoms. The van der Waals surface area contributed by atoms with Crippen molar-refractivity contribution in [2.45, 2.75) is 36.1 Å². The van der Waals surface area contributed by atoms with Crippen molar-refractivity contribution in [2.24, 2.45) is 0 Å². The number of nitro groups is 1. The van der Waals surface area contributed by atoms with Gasteiger partial charge in [-0.2, -0.15) is 4.31 Å². The molecule has 1 aromatic rings. The van der Waals surface area contributed by atoms with E-state index in [0.29, 0.717) is 13.1 Å². The molecule has 1 heterocycles. The van der Waals surface area contributed by atoms with E-state index in [1.54, 1.807) is 0 Å². The lowest BCUT2D eigenvalue weighted by Crippen LogP contribution is -2.56. The van der Waals surface area contributed by atoms with E-state index in [0.717, 1.165) is 32.2 Å². The molecule has 2 fully saturated rings. The number of hydrogen-bond donors (Lipinski definition) is 1. The number of benzene rings is 1. The molecule has 2 aliphatic rings. The van der Waals surface area contributed by atoms with Crippen LogP contribution in [0.5, 0.6) is 0 Å². The Balaban J connectivity index is 2.07. The van der Waals surface area contributed by atoms with Gasteiger partial charge in [-0.3, -0.25) is 10.1 Å². The Kier molecular flexibility index (Phi) is 3.92. The number of nitrogens with zero attached hydrogens (tertiary/aromatic N) is 2. The minimum atomic E-state index is -3.88. The van der Waals surface area contributed by atoms with E-state index in [2.05, 4.69) is 5.32 Å². The lowest BCUT2D eigenvalue weighted by molar-refractivity contribution is -0.387. The highest BCUT2D eigenvalue weighted by Crippen LogP contribution is 2.44. The van der Waals surface area contributed by atoms with E-state index >= 15 is 0 Å². The number of hydrogen-bond acceptors (Lipinski definition) is 5. The third kappa shape index (κ3) is 2.41. The summed E-state index contributed by atoms with van der Waals surface area (Å²) >= 11 is 0. The molecule has 0 amide bonds. The van der Waals surface area contributed by atoms with Crippen LogP contribution in [-0.2, 0) is 10.0 Å². The van der Waals surface area contributed by atoms with Crippen molar-refractivity contribution in [1.29, 1.82) is 0 Å². The average molecular weight is 325 g/mol. The normalized spacial score (nSPS) is 22.0. The molecule has 8 heteroatoms. The fourth-order valence-electron chi connectivity index (χ4n) is 3.39. The van der Waals surface area contributed by atoms with Crippen molar-refractivity contribution in [3.05, 3.63) is 34.4 Å². The molecular formula is C14H19N3O4S. The third-order valence-corrected chi connectivity index (χ3v) is 6.75. The number of rotatable bonds is 3. The number of sulfonamides is 1. The summed E-state index contributed by atoms with van der Waals surface area (Å²) in [5.74, 6) is 0. The predicted molar refractivity (Wildman–Crippen MR) is 81.1 cm³/mol. The molecule has 1 saturated heterocycles. The molecule has 0 atom stereocenters. The summed E-state index contributed by atoms with van der Waals surface area (Å²) in [7, 11) is -3.88. The molecule has 1 aromatic carbocycles. The van der Waals surface area contributed by atoms with E-state index in [-0.39, 0.29) is 16.1 Å². The van der Waals surface area contributed by atoms with Gasteiger partial charge < -0.3 is 5.32 Å². The van der Waals surface area contributed by atoms with Crippen LogP contribution in [0, 0.1) is 10.1 Å². The van der Waals surface area contributed by atoms with Crippen LogP contribution in [-0.4, -0.2) is 42.8 Å². The van der Waals surface area contributed by atoms with Crippen LogP contribution in [0.1, 0.15) is 25.7 Å². The Morgan fingerprint density at radius 1 is 1.18 bits per heavy atom. The van der Waals surface area contributed by atoms with Gasteiger partial charge in [-0.05, 0) is 38.3 Å². The quantitative estimate of drug-likeness (QED) is 0.671. The van der Waals surface area contributed by atoms with Crippen LogP contribution in [0.15, 0.2) is 29.2 Å². The zero-order chi connectivity index (χ0) is 15.8. The zero-order valence-corrected chi connectivity index (χ0v) is 13.0. The standard InChI is InChI=1S/C14H19N3O4S/c18-17(19)12-4-1-2-5-13(12)22(20,21)16-11-10-15-9-8-14(16)6-3-7-14/h1-2,4-5,15H,3,6-11H2. The monoisotopic (exact) mass is 325 g/mol. The van der Waals surface area contributed by atoms with Gasteiger partial charge in [0.2, 0.25) is 10.0 Å². The zero-order valence-electron chi connectivity index (χ0n) is 12.2. The molecular weight excluding hydrogens is 306 g/mol. The summed E-state index contributed by atoms with van der Waals surface area (Å²) in [5.41, 5.74) is -0.722. The average Bonchev–Trinajstić information content (AvgIpc) is 2.70. The van der Waals surface area contributed by atoms with Crippen LogP contribution >= 0.6 is 0 Å². The maximum Gasteiger partial charge on any atom is 0.289 e. The Morgan fingerprint density at radius 3 is 2.55 bits per heavy atom. The molecule has 120 valence electrons. The first kappa shape index (κ1) is 15.4. The van der Waals surface area contributed by atoms with Crippen molar-refractivity contribution in [2.75, 3.05) is 19.6 Å². The van der Waals surface area contributed by atoms with Crippen LogP contribution in [0.2, 0.25) is 0 Å². The highest BCUT2D eigenvalue weighted by Gasteiger charge is 2.49.